The molecule has 2 unspecified atom stereocenters. The van der Waals surface area contributed by atoms with Crippen molar-refractivity contribution in [1.82, 2.24) is 10.4 Å². The topological polar surface area (TPSA) is 240 Å². The first-order valence-electron chi connectivity index (χ1n) is 44.5. The molecule has 20 heteroatoms. The number of Topliss-reactive ketones (excluding diaryl/α,β-unsaturated/α-hetero) is 2. The van der Waals surface area contributed by atoms with E-state index in [0.717, 1.165) is 199 Å². The molecule has 16 aliphatic carbocycles. The largest absolute Gasteiger partial charge is 2.00 e. The smallest absolute Gasteiger partial charge is 1.00 e. The van der Waals surface area contributed by atoms with Gasteiger partial charge in [0.05, 0.1) is 61.9 Å². The van der Waals surface area contributed by atoms with Crippen molar-refractivity contribution in [2.75, 3.05) is 95.8 Å². The molecule has 17 rings (SSSR count). The zero-order valence-corrected chi connectivity index (χ0v) is 76.4. The molecule has 17 aliphatic rings. The molecule has 0 radical (unpaired) electrons. The maximum Gasteiger partial charge on any atom is 2.00 e. The van der Waals surface area contributed by atoms with Crippen molar-refractivity contribution >= 4 is 58.9 Å². The van der Waals surface area contributed by atoms with Crippen LogP contribution in [0.15, 0.2) is 0 Å². The Morgan fingerprint density at radius 1 is 0.420 bits per heavy atom. The second-order valence-corrected chi connectivity index (χ2v) is 41.3. The number of carbonyl (C=O) groups excluding carboxylic acids is 3. The molecule has 17 nitrogen and oxygen atoms in total. The quantitative estimate of drug-likeness (QED) is 0.0538. The second-order valence-electron chi connectivity index (χ2n) is 41.3. The summed E-state index contributed by atoms with van der Waals surface area (Å²) in [5, 5.41) is 57.0. The molecular weight excluding hydrogens is 1510 g/mol. The summed E-state index contributed by atoms with van der Waals surface area (Å²) in [4.78, 5) is 53.3. The van der Waals surface area contributed by atoms with Crippen molar-refractivity contribution in [3.05, 3.63) is 7.43 Å². The van der Waals surface area contributed by atoms with Crippen LogP contribution in [0.25, 0.3) is 0 Å². The second kappa shape index (κ2) is 39.7. The van der Waals surface area contributed by atoms with E-state index >= 15 is 0 Å². The Morgan fingerprint density at radius 2 is 0.670 bits per heavy atom. The van der Waals surface area contributed by atoms with E-state index in [1.807, 2.05) is 7.05 Å². The van der Waals surface area contributed by atoms with Gasteiger partial charge in [0, 0.05) is 66.5 Å². The van der Waals surface area contributed by atoms with Gasteiger partial charge in [0.2, 0.25) is 5.91 Å². The van der Waals surface area contributed by atoms with Gasteiger partial charge in [-0.25, -0.2) is 5.06 Å². The molecule has 1 aliphatic heterocycles. The van der Waals surface area contributed by atoms with Crippen molar-refractivity contribution in [1.29, 1.82) is 0 Å². The predicted molar refractivity (Wildman–Crippen MR) is 439 cm³/mol. The molecule has 1 amide bonds. The first-order chi connectivity index (χ1) is 51.4. The molecule has 1 saturated heterocycles. The van der Waals surface area contributed by atoms with Gasteiger partial charge in [0.25, 0.3) is 0 Å². The molecule has 0 spiro atoms. The van der Waals surface area contributed by atoms with Gasteiger partial charge in [0.15, 0.2) is 0 Å². The van der Waals surface area contributed by atoms with E-state index in [9.17, 15) is 44.7 Å². The number of carbonyl (C=O) groups is 4. The Balaban J connectivity index is 0.000000178. The molecule has 0 aromatic carbocycles. The molecule has 17 fully saturated rings. The van der Waals surface area contributed by atoms with Crippen LogP contribution < -0.4 is 22.3 Å². The number of nitrogens with one attached hydrogen (secondary N) is 1. The van der Waals surface area contributed by atoms with Gasteiger partial charge >= 0.3 is 29.0 Å². The van der Waals surface area contributed by atoms with Gasteiger partial charge in [-0.3, -0.25) is 24.0 Å². The average Bonchev–Trinajstić information content (AvgIpc) is 0.829. The zero-order chi connectivity index (χ0) is 77.7. The molecular formula is C92H158BrClMgN2O15. The minimum absolute atomic E-state index is 0. The molecule has 6 N–H and O–H groups in total. The molecule has 0 aromatic rings. The fourth-order valence-corrected chi connectivity index (χ4v) is 30.6. The summed E-state index contributed by atoms with van der Waals surface area (Å²) in [5.74, 6) is 16.2. The number of carboxylic acid groups (broad SMARTS) is 1. The van der Waals surface area contributed by atoms with Crippen LogP contribution in [0.3, 0.4) is 0 Å². The van der Waals surface area contributed by atoms with Crippen LogP contribution >= 0.6 is 12.4 Å². The van der Waals surface area contributed by atoms with Crippen LogP contribution in [0, 0.1) is 171 Å². The van der Waals surface area contributed by atoms with E-state index in [4.69, 9.17) is 28.5 Å². The zero-order valence-electron chi connectivity index (χ0n) is 72.6. The maximum atomic E-state index is 12.7. The number of hydrogen-bond acceptors (Lipinski definition) is 15. The van der Waals surface area contributed by atoms with E-state index < -0.39 is 28.4 Å². The number of amides is 1. The van der Waals surface area contributed by atoms with E-state index in [2.05, 4.69) is 39.9 Å². The third-order valence-corrected chi connectivity index (χ3v) is 36.3. The monoisotopic (exact) mass is 1670 g/mol. The maximum absolute atomic E-state index is 12.7. The number of aliphatic hydroxyl groups is 4. The Labute approximate surface area is 710 Å². The molecule has 0 aromatic heterocycles. The average molecular weight is 1670 g/mol. The third-order valence-electron chi connectivity index (χ3n) is 36.3. The molecule has 16 saturated carbocycles. The first-order valence-corrected chi connectivity index (χ1v) is 44.5. The normalized spacial score (nSPS) is 47.3. The standard InChI is InChI=1S/C22H37NO4.2C21H34O3.C20H32O4.C4H8O.C3H9N.CH3.BrH.ClH.Mg/c1-21-9-7-16-15-8-10-22(25,13-26-3)12-14(15)5-6-17(16)18(21)11-19(21)20(24)23(2)27-4;2*1-13(22)18-10-19-17-5-4-14-11-21(23,12-24-3)9-7-15(14)16(17)6-8-20(18,19)2;1-19-7-5-14-13-6-8-20(23,11-24-2)10-12(13)3-4-15(14)16(19)9-17(19)18(21)22;1-2-4-5-3-1;1-3-4-2;;;;/h14-19,25H,5-13H2,1-4H3;2*14-19,23H,4-12H2,1-3H3;12-17,23H,3-11H2,1-2H3,(H,21,22);1-4H2;4H,3H2,1-2H3;1H3;2*1H;/q;;;;;;-1;;;+2/p-1/t14-,15+,16-,17-,18+,19?,21+,22-;14-,15+,16-,17-,18+,19+,20-,21-;14-,15+,16-,17-,18-,19+,20-,21-;12-,13+,14-,15-,16+,17?,19+,20-;;;;;;/m1111....../s1. The van der Waals surface area contributed by atoms with Gasteiger partial charge in [-0.15, -0.1) is 12.4 Å². The Kier molecular flexibility index (Phi) is 34.3. The number of hydroxylamine groups is 2. The summed E-state index contributed by atoms with van der Waals surface area (Å²) >= 11 is 0. The van der Waals surface area contributed by atoms with Crippen molar-refractivity contribution in [3.63, 3.8) is 0 Å². The molecule has 112 heavy (non-hydrogen) atoms. The predicted octanol–water partition coefficient (Wildman–Crippen LogP) is 12.8. The minimum Gasteiger partial charge on any atom is -1.00 e. The minimum atomic E-state index is -0.614. The molecule has 642 valence electrons. The van der Waals surface area contributed by atoms with E-state index in [1.54, 1.807) is 56.4 Å². The van der Waals surface area contributed by atoms with E-state index in [-0.39, 0.29) is 88.4 Å². The Morgan fingerprint density at radius 3 is 0.902 bits per heavy atom. The number of halogens is 2. The number of carboxylic acids is 1. The first kappa shape index (κ1) is 96.8. The summed E-state index contributed by atoms with van der Waals surface area (Å²) in [5.41, 5.74) is -1.59. The van der Waals surface area contributed by atoms with Crippen LogP contribution in [0.2, 0.25) is 0 Å². The van der Waals surface area contributed by atoms with Crippen LogP contribution in [0.4, 0.5) is 0 Å². The fourth-order valence-electron chi connectivity index (χ4n) is 30.6. The third kappa shape index (κ3) is 19.1. The van der Waals surface area contributed by atoms with Gasteiger partial charge < -0.3 is 78.9 Å². The fraction of sp³-hybridized carbons (Fsp3) is 0.946. The van der Waals surface area contributed by atoms with E-state index in [0.29, 0.717) is 96.2 Å². The summed E-state index contributed by atoms with van der Waals surface area (Å²) < 4.78 is 26.0. The van der Waals surface area contributed by atoms with Crippen LogP contribution in [0.5, 0.6) is 0 Å². The number of rotatable bonds is 14. The van der Waals surface area contributed by atoms with Crippen molar-refractivity contribution in [2.45, 2.75) is 289 Å². The number of methoxy groups -OCH3 is 4. The van der Waals surface area contributed by atoms with Crippen molar-refractivity contribution in [2.24, 2.45) is 164 Å². The molecule has 0 bridgehead atoms. The number of ether oxygens (including phenoxy) is 5. The van der Waals surface area contributed by atoms with Crippen LogP contribution in [-0.4, -0.2) is 195 Å². The SMILES string of the molecule is C1CCOC1.CCNC.COC[C@@]1(O)CC[C@H]2[C@H](CC[C@@H]3[C@@H]2CC[C@]2(C)C(C(=O)N(C)OC)C[C@@H]32)C1.COC[C@@]1(O)CC[C@H]2[C@H](CC[C@@H]3[C@@H]2CC[C@]2(C)C(C(=O)O)C[C@@H]32)C1.COC[C@@]1(O)CC[C@H]2[C@H](CC[C@@H]3[C@@H]2CC[C@]2(C)[C@@H](C(C)=O)C[C@@H]32)C1.COC[C@@]1(O)CC[C@H]2[C@H](CC[C@@H]3[C@@H]2CC[C@]2(C)[C@H](C(C)=O)C[C@@H]32)C1.Cl.[Br-].[CH3-].[Mg+2]. The Bertz CT molecular complexity index is 2820. The van der Waals surface area contributed by atoms with E-state index in [1.165, 1.54) is 127 Å². The van der Waals surface area contributed by atoms with Gasteiger partial charge in [-0.1, -0.05) is 34.6 Å². The summed E-state index contributed by atoms with van der Waals surface area (Å²) in [6, 6.07) is 0. The summed E-state index contributed by atoms with van der Waals surface area (Å²) in [6.45, 7) is 20.0. The van der Waals surface area contributed by atoms with Crippen LogP contribution in [-0.2, 0) is 47.7 Å². The Hall–Kier alpha value is -0.624. The number of hydrogen-bond donors (Lipinski definition) is 6. The number of ketones is 2. The van der Waals surface area contributed by atoms with Gasteiger partial charge in [0.1, 0.15) is 11.6 Å². The van der Waals surface area contributed by atoms with Gasteiger partial charge in [-0.05, 0) is 386 Å². The van der Waals surface area contributed by atoms with Crippen molar-refractivity contribution < 1.29 is 90.2 Å². The van der Waals surface area contributed by atoms with Gasteiger partial charge in [-0.2, -0.15) is 0 Å². The summed E-state index contributed by atoms with van der Waals surface area (Å²) in [6.07, 6.45) is 38.6. The van der Waals surface area contributed by atoms with Crippen molar-refractivity contribution in [3.8, 4) is 0 Å². The number of fused-ring (bicyclic) bond motifs is 20. The number of aliphatic carboxylic acids is 1. The molecule has 1 heterocycles. The summed E-state index contributed by atoms with van der Waals surface area (Å²) in [7, 11) is 12.0. The van der Waals surface area contributed by atoms with Crippen LogP contribution in [0.1, 0.15) is 267 Å². The molecule has 32 atom stereocenters. The number of nitrogens with zero attached hydrogens (tertiary/aromatic N) is 1.